The summed E-state index contributed by atoms with van der Waals surface area (Å²) in [5.74, 6) is 0.887. The van der Waals surface area contributed by atoms with Gasteiger partial charge in [-0.15, -0.1) is 10.2 Å². The Morgan fingerprint density at radius 1 is 1.05 bits per heavy atom. The summed E-state index contributed by atoms with van der Waals surface area (Å²) in [5, 5.41) is 17.3. The lowest BCUT2D eigenvalue weighted by molar-refractivity contribution is 0.838. The number of nitrogens with zero attached hydrogens (tertiary/aromatic N) is 4. The van der Waals surface area contributed by atoms with Gasteiger partial charge >= 0.3 is 0 Å². The maximum atomic E-state index is 8.96. The van der Waals surface area contributed by atoms with Crippen molar-refractivity contribution >= 4 is 5.65 Å². The zero-order chi connectivity index (χ0) is 13.9. The minimum atomic E-state index is 0.619. The van der Waals surface area contributed by atoms with Crippen molar-refractivity contribution in [3.63, 3.8) is 0 Å². The summed E-state index contributed by atoms with van der Waals surface area (Å²) in [4.78, 5) is 0. The highest BCUT2D eigenvalue weighted by Gasteiger charge is 2.06. The SMILES string of the molecule is Cc1ccc(CCc2nnc3ccc(C#N)cn23)cc1. The molecule has 0 amide bonds. The zero-order valence-corrected chi connectivity index (χ0v) is 11.2. The van der Waals surface area contributed by atoms with E-state index in [2.05, 4.69) is 47.5 Å². The van der Waals surface area contributed by atoms with Crippen LogP contribution in [0.15, 0.2) is 42.6 Å². The molecule has 4 heteroatoms. The molecule has 0 radical (unpaired) electrons. The summed E-state index contributed by atoms with van der Waals surface area (Å²) in [6.45, 7) is 2.08. The second-order valence-electron chi connectivity index (χ2n) is 4.86. The van der Waals surface area contributed by atoms with Crippen molar-refractivity contribution in [1.82, 2.24) is 14.6 Å². The van der Waals surface area contributed by atoms with Crippen LogP contribution in [0.3, 0.4) is 0 Å². The van der Waals surface area contributed by atoms with Crippen LogP contribution in [0.1, 0.15) is 22.5 Å². The number of aromatic nitrogens is 3. The van der Waals surface area contributed by atoms with Gasteiger partial charge in [0.1, 0.15) is 11.9 Å². The monoisotopic (exact) mass is 262 g/mol. The van der Waals surface area contributed by atoms with E-state index in [1.165, 1.54) is 11.1 Å². The molecule has 0 unspecified atom stereocenters. The lowest BCUT2D eigenvalue weighted by Crippen LogP contribution is -1.98. The van der Waals surface area contributed by atoms with Crippen LogP contribution in [0.2, 0.25) is 0 Å². The Balaban J connectivity index is 1.84. The van der Waals surface area contributed by atoms with Gasteiger partial charge in [0.05, 0.1) is 5.56 Å². The molecule has 0 atom stereocenters. The highest BCUT2D eigenvalue weighted by atomic mass is 15.2. The molecule has 2 aromatic heterocycles. The van der Waals surface area contributed by atoms with Crippen LogP contribution in [-0.2, 0) is 12.8 Å². The third-order valence-corrected chi connectivity index (χ3v) is 3.36. The summed E-state index contributed by atoms with van der Waals surface area (Å²) >= 11 is 0. The normalized spacial score (nSPS) is 10.6. The highest BCUT2D eigenvalue weighted by molar-refractivity contribution is 5.42. The average Bonchev–Trinajstić information content (AvgIpc) is 2.89. The van der Waals surface area contributed by atoms with Gasteiger partial charge in [0, 0.05) is 12.6 Å². The van der Waals surface area contributed by atoms with E-state index in [-0.39, 0.29) is 0 Å². The van der Waals surface area contributed by atoms with Crippen LogP contribution in [-0.4, -0.2) is 14.6 Å². The number of benzene rings is 1. The Labute approximate surface area is 117 Å². The fourth-order valence-electron chi connectivity index (χ4n) is 2.19. The van der Waals surface area contributed by atoms with E-state index < -0.39 is 0 Å². The Hall–Kier alpha value is -2.67. The molecule has 0 aliphatic rings. The Morgan fingerprint density at radius 2 is 1.85 bits per heavy atom. The third-order valence-electron chi connectivity index (χ3n) is 3.36. The van der Waals surface area contributed by atoms with E-state index in [1.54, 1.807) is 12.3 Å². The molecule has 3 aromatic rings. The van der Waals surface area contributed by atoms with Crippen LogP contribution in [0.25, 0.3) is 5.65 Å². The van der Waals surface area contributed by atoms with Crippen LogP contribution >= 0.6 is 0 Å². The van der Waals surface area contributed by atoms with Crippen molar-refractivity contribution < 1.29 is 0 Å². The molecule has 2 heterocycles. The van der Waals surface area contributed by atoms with Gasteiger partial charge in [-0.3, -0.25) is 4.40 Å². The second-order valence-corrected chi connectivity index (χ2v) is 4.86. The fourth-order valence-corrected chi connectivity index (χ4v) is 2.19. The lowest BCUT2D eigenvalue weighted by Gasteiger charge is -2.02. The van der Waals surface area contributed by atoms with E-state index in [0.717, 1.165) is 24.3 Å². The van der Waals surface area contributed by atoms with Gasteiger partial charge in [-0.05, 0) is 31.0 Å². The Kier molecular flexibility index (Phi) is 3.18. The fraction of sp³-hybridized carbons (Fsp3) is 0.188. The van der Waals surface area contributed by atoms with Gasteiger partial charge in [0.15, 0.2) is 5.65 Å². The maximum Gasteiger partial charge on any atom is 0.160 e. The van der Waals surface area contributed by atoms with Crippen molar-refractivity contribution in [3.05, 3.63) is 65.1 Å². The number of rotatable bonds is 3. The molecule has 0 saturated carbocycles. The topological polar surface area (TPSA) is 54.0 Å². The highest BCUT2D eigenvalue weighted by Crippen LogP contribution is 2.10. The molecule has 1 aromatic carbocycles. The smallest absolute Gasteiger partial charge is 0.160 e. The summed E-state index contributed by atoms with van der Waals surface area (Å²) in [6, 6.07) is 14.2. The molecule has 3 rings (SSSR count). The van der Waals surface area contributed by atoms with Crippen molar-refractivity contribution in [2.75, 3.05) is 0 Å². The number of fused-ring (bicyclic) bond motifs is 1. The molecule has 20 heavy (non-hydrogen) atoms. The van der Waals surface area contributed by atoms with E-state index in [0.29, 0.717) is 5.56 Å². The summed E-state index contributed by atoms with van der Waals surface area (Å²) in [5.41, 5.74) is 3.95. The number of hydrogen-bond acceptors (Lipinski definition) is 3. The largest absolute Gasteiger partial charge is 0.285 e. The molecule has 0 aliphatic carbocycles. The number of pyridine rings is 1. The van der Waals surface area contributed by atoms with Crippen molar-refractivity contribution in [1.29, 1.82) is 5.26 Å². The van der Waals surface area contributed by atoms with E-state index in [1.807, 2.05) is 10.5 Å². The molecule has 0 spiro atoms. The van der Waals surface area contributed by atoms with E-state index >= 15 is 0 Å². The molecule has 0 aliphatic heterocycles. The number of nitriles is 1. The number of hydrogen-bond donors (Lipinski definition) is 0. The lowest BCUT2D eigenvalue weighted by atomic mass is 10.1. The van der Waals surface area contributed by atoms with Gasteiger partial charge in [-0.1, -0.05) is 29.8 Å². The van der Waals surface area contributed by atoms with Crippen molar-refractivity contribution in [3.8, 4) is 6.07 Å². The average molecular weight is 262 g/mol. The summed E-state index contributed by atoms with van der Waals surface area (Å²) in [7, 11) is 0. The summed E-state index contributed by atoms with van der Waals surface area (Å²) < 4.78 is 1.90. The third kappa shape index (κ3) is 2.39. The van der Waals surface area contributed by atoms with Gasteiger partial charge in [0.2, 0.25) is 0 Å². The molecule has 98 valence electrons. The first-order valence-corrected chi connectivity index (χ1v) is 6.55. The maximum absolute atomic E-state index is 8.96. The second kappa shape index (κ2) is 5.14. The van der Waals surface area contributed by atoms with Gasteiger partial charge < -0.3 is 0 Å². The molecular weight excluding hydrogens is 248 g/mol. The minimum absolute atomic E-state index is 0.619. The van der Waals surface area contributed by atoms with Gasteiger partial charge in [0.25, 0.3) is 0 Å². The molecular formula is C16H14N4. The molecule has 0 bridgehead atoms. The van der Waals surface area contributed by atoms with Crippen molar-refractivity contribution in [2.45, 2.75) is 19.8 Å². The van der Waals surface area contributed by atoms with E-state index in [9.17, 15) is 0 Å². The Bertz CT molecular complexity index is 778. The molecule has 0 saturated heterocycles. The Morgan fingerprint density at radius 3 is 2.60 bits per heavy atom. The van der Waals surface area contributed by atoms with Crippen LogP contribution in [0, 0.1) is 18.3 Å². The number of aryl methyl sites for hydroxylation is 3. The predicted octanol–water partition coefficient (Wildman–Crippen LogP) is 2.69. The van der Waals surface area contributed by atoms with Crippen LogP contribution < -0.4 is 0 Å². The first kappa shape index (κ1) is 12.4. The zero-order valence-electron chi connectivity index (χ0n) is 11.2. The first-order valence-electron chi connectivity index (χ1n) is 6.55. The van der Waals surface area contributed by atoms with Gasteiger partial charge in [-0.25, -0.2) is 0 Å². The van der Waals surface area contributed by atoms with Crippen molar-refractivity contribution in [2.24, 2.45) is 0 Å². The first-order chi connectivity index (χ1) is 9.76. The molecule has 0 fully saturated rings. The quantitative estimate of drug-likeness (QED) is 0.729. The van der Waals surface area contributed by atoms with E-state index in [4.69, 9.17) is 5.26 Å². The van der Waals surface area contributed by atoms with Gasteiger partial charge in [-0.2, -0.15) is 5.26 Å². The standard InChI is InChI=1S/C16H14N4/c1-12-2-4-13(5-3-12)6-8-15-18-19-16-9-7-14(10-17)11-20(15)16/h2-5,7,9,11H,6,8H2,1H3. The molecule has 4 nitrogen and oxygen atoms in total. The molecule has 0 N–H and O–H groups in total. The summed E-state index contributed by atoms with van der Waals surface area (Å²) in [6.07, 6.45) is 3.51. The van der Waals surface area contributed by atoms with Crippen LogP contribution in [0.4, 0.5) is 0 Å². The minimum Gasteiger partial charge on any atom is -0.285 e. The predicted molar refractivity (Wildman–Crippen MR) is 76.3 cm³/mol. The van der Waals surface area contributed by atoms with Crippen LogP contribution in [0.5, 0.6) is 0 Å².